The van der Waals surface area contributed by atoms with Gasteiger partial charge >= 0.3 is 0 Å². The lowest BCUT2D eigenvalue weighted by atomic mass is 9.93. The van der Waals surface area contributed by atoms with Gasteiger partial charge in [0.05, 0.1) is 19.6 Å². The van der Waals surface area contributed by atoms with E-state index in [1.807, 2.05) is 54.6 Å². The summed E-state index contributed by atoms with van der Waals surface area (Å²) in [5.74, 6) is 1.92. The van der Waals surface area contributed by atoms with E-state index in [0.717, 1.165) is 23.5 Å². The minimum atomic E-state index is -0.333. The summed E-state index contributed by atoms with van der Waals surface area (Å²) in [5, 5.41) is 2.92. The summed E-state index contributed by atoms with van der Waals surface area (Å²) in [4.78, 5) is 17.0. The number of hydrogen-bond donors (Lipinski definition) is 1. The predicted octanol–water partition coefficient (Wildman–Crippen LogP) is 4.07. The highest BCUT2D eigenvalue weighted by molar-refractivity contribution is 5.95. The van der Waals surface area contributed by atoms with Crippen LogP contribution in [0.4, 0.5) is 5.82 Å². The van der Waals surface area contributed by atoms with E-state index in [0.29, 0.717) is 12.4 Å². The minimum absolute atomic E-state index is 0.0270. The lowest BCUT2D eigenvalue weighted by Gasteiger charge is -2.19. The Morgan fingerprint density at radius 2 is 1.75 bits per heavy atom. The molecule has 0 saturated heterocycles. The molecule has 2 unspecified atom stereocenters. The van der Waals surface area contributed by atoms with Crippen molar-refractivity contribution in [1.29, 1.82) is 0 Å². The molecule has 5 nitrogen and oxygen atoms in total. The maximum absolute atomic E-state index is 12.8. The van der Waals surface area contributed by atoms with Gasteiger partial charge in [-0.25, -0.2) is 4.98 Å². The second-order valence-electron chi connectivity index (χ2n) is 6.95. The molecular formula is C23H22N2O3. The number of nitrogens with one attached hydrogen (secondary N) is 1. The number of rotatable bonds is 7. The van der Waals surface area contributed by atoms with Crippen LogP contribution < -0.4 is 14.8 Å². The first-order valence-electron chi connectivity index (χ1n) is 9.25. The number of carbonyl (C=O) groups is 1. The molecule has 0 spiro atoms. The Morgan fingerprint density at radius 1 is 1.04 bits per heavy atom. The van der Waals surface area contributed by atoms with Gasteiger partial charge in [-0.2, -0.15) is 0 Å². The molecule has 1 aliphatic carbocycles. The fourth-order valence-corrected chi connectivity index (χ4v) is 3.52. The molecule has 28 heavy (non-hydrogen) atoms. The highest BCUT2D eigenvalue weighted by Crippen LogP contribution is 2.55. The van der Waals surface area contributed by atoms with Crippen LogP contribution in [0.15, 0.2) is 79.0 Å². The molecular weight excluding hydrogens is 352 g/mol. The summed E-state index contributed by atoms with van der Waals surface area (Å²) in [6.45, 7) is 0.434. The van der Waals surface area contributed by atoms with Crippen molar-refractivity contribution in [2.24, 2.45) is 5.92 Å². The maximum Gasteiger partial charge on any atom is 0.229 e. The number of aromatic nitrogens is 1. The number of amides is 1. The van der Waals surface area contributed by atoms with Gasteiger partial charge in [-0.15, -0.1) is 0 Å². The van der Waals surface area contributed by atoms with E-state index in [-0.39, 0.29) is 17.2 Å². The van der Waals surface area contributed by atoms with Crippen LogP contribution in [0.25, 0.3) is 0 Å². The van der Waals surface area contributed by atoms with E-state index < -0.39 is 0 Å². The first-order valence-corrected chi connectivity index (χ1v) is 9.25. The number of hydrogen-bond acceptors (Lipinski definition) is 4. The van der Waals surface area contributed by atoms with Crippen molar-refractivity contribution in [3.05, 3.63) is 84.6 Å². The summed E-state index contributed by atoms with van der Waals surface area (Å²) in [6, 6.07) is 23.0. The van der Waals surface area contributed by atoms with Gasteiger partial charge in [0.15, 0.2) is 0 Å². The smallest absolute Gasteiger partial charge is 0.229 e. The predicted molar refractivity (Wildman–Crippen MR) is 108 cm³/mol. The first kappa shape index (κ1) is 18.0. The molecule has 2 aromatic carbocycles. The van der Waals surface area contributed by atoms with Crippen molar-refractivity contribution < 1.29 is 14.3 Å². The lowest BCUT2D eigenvalue weighted by molar-refractivity contribution is -0.117. The molecule has 1 saturated carbocycles. The molecule has 2 atom stereocenters. The normalized spacial score (nSPS) is 20.2. The molecule has 1 aromatic heterocycles. The standard InChI is InChI=1S/C23H22N2O3/c1-27-18-10-12-19(13-11-18)28-16-23(17-7-3-2-4-8-17)15-20(23)22(26)25-21-9-5-6-14-24-21/h2-14,20H,15-16H2,1H3,(H,24,25,26). The zero-order valence-electron chi connectivity index (χ0n) is 15.7. The molecule has 1 amide bonds. The minimum Gasteiger partial charge on any atom is -0.497 e. The Kier molecular flexibility index (Phi) is 4.98. The van der Waals surface area contributed by atoms with E-state index in [1.54, 1.807) is 19.4 Å². The Labute approximate surface area is 164 Å². The number of benzene rings is 2. The van der Waals surface area contributed by atoms with E-state index in [9.17, 15) is 4.79 Å². The number of nitrogens with zero attached hydrogens (tertiary/aromatic N) is 1. The molecule has 0 radical (unpaired) electrons. The molecule has 4 rings (SSSR count). The van der Waals surface area contributed by atoms with Gasteiger partial charge in [0.25, 0.3) is 0 Å². The van der Waals surface area contributed by atoms with Crippen LogP contribution in [0.2, 0.25) is 0 Å². The average Bonchev–Trinajstić information content (AvgIpc) is 3.50. The molecule has 3 aromatic rings. The van der Waals surface area contributed by atoms with Gasteiger partial charge in [0.1, 0.15) is 17.3 Å². The first-order chi connectivity index (χ1) is 13.7. The van der Waals surface area contributed by atoms with Crippen LogP contribution in [-0.2, 0) is 10.2 Å². The molecule has 1 heterocycles. The van der Waals surface area contributed by atoms with E-state index in [2.05, 4.69) is 22.4 Å². The highest BCUT2D eigenvalue weighted by atomic mass is 16.5. The largest absolute Gasteiger partial charge is 0.497 e. The van der Waals surface area contributed by atoms with Crippen LogP contribution in [0.1, 0.15) is 12.0 Å². The zero-order chi connectivity index (χ0) is 19.4. The molecule has 1 fully saturated rings. The van der Waals surface area contributed by atoms with E-state index >= 15 is 0 Å². The Bertz CT molecular complexity index is 929. The van der Waals surface area contributed by atoms with Crippen molar-refractivity contribution >= 4 is 11.7 Å². The van der Waals surface area contributed by atoms with Gasteiger partial charge in [0.2, 0.25) is 5.91 Å². The Balaban J connectivity index is 1.50. The molecule has 0 aliphatic heterocycles. The summed E-state index contributed by atoms with van der Waals surface area (Å²) in [5.41, 5.74) is 0.782. The molecule has 1 aliphatic rings. The third-order valence-electron chi connectivity index (χ3n) is 5.21. The van der Waals surface area contributed by atoms with Crippen LogP contribution in [-0.4, -0.2) is 24.6 Å². The third-order valence-corrected chi connectivity index (χ3v) is 5.21. The van der Waals surface area contributed by atoms with Crippen molar-refractivity contribution in [2.75, 3.05) is 19.0 Å². The molecule has 0 bridgehead atoms. The van der Waals surface area contributed by atoms with E-state index in [1.165, 1.54) is 0 Å². The van der Waals surface area contributed by atoms with Crippen LogP contribution >= 0.6 is 0 Å². The lowest BCUT2D eigenvalue weighted by Crippen LogP contribution is -2.26. The molecule has 142 valence electrons. The molecule has 5 heteroatoms. The fourth-order valence-electron chi connectivity index (χ4n) is 3.52. The summed E-state index contributed by atoms with van der Waals surface area (Å²) < 4.78 is 11.3. The van der Waals surface area contributed by atoms with Gasteiger partial charge in [0, 0.05) is 11.6 Å². The summed E-state index contributed by atoms with van der Waals surface area (Å²) in [7, 11) is 1.63. The monoisotopic (exact) mass is 374 g/mol. The third kappa shape index (κ3) is 3.69. The van der Waals surface area contributed by atoms with Gasteiger partial charge < -0.3 is 14.8 Å². The number of carbonyl (C=O) groups excluding carboxylic acids is 1. The van der Waals surface area contributed by atoms with Crippen molar-refractivity contribution in [3.8, 4) is 11.5 Å². The van der Waals surface area contributed by atoms with Gasteiger partial charge in [-0.05, 0) is 48.4 Å². The van der Waals surface area contributed by atoms with Crippen molar-refractivity contribution in [2.45, 2.75) is 11.8 Å². The summed E-state index contributed by atoms with van der Waals surface area (Å²) in [6.07, 6.45) is 2.41. The van der Waals surface area contributed by atoms with Crippen LogP contribution in [0, 0.1) is 5.92 Å². The SMILES string of the molecule is COc1ccc(OCC2(c3ccccc3)CC2C(=O)Nc2ccccn2)cc1. The second-order valence-corrected chi connectivity index (χ2v) is 6.95. The van der Waals surface area contributed by atoms with Crippen LogP contribution in [0.5, 0.6) is 11.5 Å². The van der Waals surface area contributed by atoms with Crippen molar-refractivity contribution in [3.63, 3.8) is 0 Å². The fraction of sp³-hybridized carbons (Fsp3) is 0.217. The number of anilines is 1. The topological polar surface area (TPSA) is 60.5 Å². The quantitative estimate of drug-likeness (QED) is 0.677. The van der Waals surface area contributed by atoms with Crippen molar-refractivity contribution in [1.82, 2.24) is 4.98 Å². The van der Waals surface area contributed by atoms with Gasteiger partial charge in [-0.1, -0.05) is 36.4 Å². The Morgan fingerprint density at radius 3 is 2.43 bits per heavy atom. The second kappa shape index (κ2) is 7.72. The maximum atomic E-state index is 12.8. The van der Waals surface area contributed by atoms with E-state index in [4.69, 9.17) is 9.47 Å². The number of methoxy groups -OCH3 is 1. The zero-order valence-corrected chi connectivity index (χ0v) is 15.7. The highest BCUT2D eigenvalue weighted by Gasteiger charge is 2.60. The molecule has 1 N–H and O–H groups in total. The average molecular weight is 374 g/mol. The number of pyridine rings is 1. The summed E-state index contributed by atoms with van der Waals surface area (Å²) >= 11 is 0. The Hall–Kier alpha value is -3.34. The van der Waals surface area contributed by atoms with Gasteiger partial charge in [-0.3, -0.25) is 4.79 Å². The number of ether oxygens (including phenoxy) is 2. The van der Waals surface area contributed by atoms with Crippen LogP contribution in [0.3, 0.4) is 0 Å².